The summed E-state index contributed by atoms with van der Waals surface area (Å²) in [5, 5.41) is 12.4. The van der Waals surface area contributed by atoms with E-state index in [1.165, 1.54) is 65.0 Å². The first-order valence-electron chi connectivity index (χ1n) is 23.3. The van der Waals surface area contributed by atoms with E-state index in [4.69, 9.17) is 9.97 Å². The molecule has 12 aromatic carbocycles. The molecule has 0 saturated heterocycles. The van der Waals surface area contributed by atoms with Crippen molar-refractivity contribution in [2.45, 2.75) is 0 Å². The Bertz CT molecular complexity index is 4030. The van der Waals surface area contributed by atoms with E-state index in [0.29, 0.717) is 5.82 Å². The van der Waals surface area contributed by atoms with Gasteiger partial charge in [0.25, 0.3) is 0 Å². The van der Waals surface area contributed by atoms with E-state index in [9.17, 15) is 0 Å². The van der Waals surface area contributed by atoms with E-state index in [1.807, 2.05) is 0 Å². The lowest BCUT2D eigenvalue weighted by Gasteiger charge is -2.17. The van der Waals surface area contributed by atoms with Gasteiger partial charge in [0.15, 0.2) is 5.82 Å². The number of benzene rings is 12. The Hall–Kier alpha value is -8.98. The van der Waals surface area contributed by atoms with Crippen LogP contribution in [0.4, 0.5) is 0 Å². The van der Waals surface area contributed by atoms with Gasteiger partial charge in [-0.3, -0.25) is 0 Å². The zero-order valence-electron chi connectivity index (χ0n) is 37.1. The molecule has 13 rings (SSSR count). The second kappa shape index (κ2) is 16.5. The molecule has 0 aliphatic heterocycles. The van der Waals surface area contributed by atoms with E-state index in [-0.39, 0.29) is 0 Å². The molecule has 0 bridgehead atoms. The SMILES string of the molecule is c1ccc(-c2ccc(-c3cc(-c4ccccc4-c4ccccc4)nc(-c4cc(-c5ccc6c7ccccc7c7ccccc7c6c5)cc(-c5cc6ccccc6c6ccccc56)c4)n3)cc2)cc1. The largest absolute Gasteiger partial charge is 0.228 e. The minimum absolute atomic E-state index is 0.665. The fourth-order valence-electron chi connectivity index (χ4n) is 10.4. The van der Waals surface area contributed by atoms with Crippen molar-refractivity contribution in [1.29, 1.82) is 0 Å². The second-order valence-corrected chi connectivity index (χ2v) is 17.7. The Kier molecular flexibility index (Phi) is 9.54. The van der Waals surface area contributed by atoms with Crippen LogP contribution in [0.2, 0.25) is 0 Å². The molecule has 1 aromatic heterocycles. The summed E-state index contributed by atoms with van der Waals surface area (Å²) in [6.07, 6.45) is 0. The van der Waals surface area contributed by atoms with E-state index >= 15 is 0 Å². The van der Waals surface area contributed by atoms with Crippen molar-refractivity contribution in [3.8, 4) is 78.4 Å². The Labute approximate surface area is 395 Å². The maximum atomic E-state index is 5.55. The van der Waals surface area contributed by atoms with E-state index in [0.717, 1.165) is 61.5 Å². The molecular formula is C66H42N2. The Morgan fingerprint density at radius 1 is 0.191 bits per heavy atom. The van der Waals surface area contributed by atoms with Gasteiger partial charge in [-0.05, 0) is 135 Å². The molecule has 0 N–H and O–H groups in total. The molecular weight excluding hydrogens is 821 g/mol. The molecule has 0 amide bonds. The van der Waals surface area contributed by atoms with Gasteiger partial charge in [0.1, 0.15) is 0 Å². The summed E-state index contributed by atoms with van der Waals surface area (Å²) in [4.78, 5) is 11.0. The molecule has 316 valence electrons. The molecule has 0 saturated carbocycles. The van der Waals surface area contributed by atoms with Crippen LogP contribution in [-0.2, 0) is 0 Å². The van der Waals surface area contributed by atoms with Crippen LogP contribution in [0.1, 0.15) is 0 Å². The minimum Gasteiger partial charge on any atom is -0.228 e. The van der Waals surface area contributed by atoms with Gasteiger partial charge in [0.05, 0.1) is 11.4 Å². The zero-order valence-corrected chi connectivity index (χ0v) is 37.1. The van der Waals surface area contributed by atoms with Gasteiger partial charge in [-0.25, -0.2) is 9.97 Å². The van der Waals surface area contributed by atoms with Crippen molar-refractivity contribution in [1.82, 2.24) is 9.97 Å². The fraction of sp³-hybridized carbons (Fsp3) is 0. The smallest absolute Gasteiger partial charge is 0.160 e. The second-order valence-electron chi connectivity index (χ2n) is 17.7. The van der Waals surface area contributed by atoms with Crippen LogP contribution >= 0.6 is 0 Å². The first kappa shape index (κ1) is 39.4. The fourth-order valence-corrected chi connectivity index (χ4v) is 10.4. The van der Waals surface area contributed by atoms with Crippen LogP contribution in [-0.4, -0.2) is 9.97 Å². The normalized spacial score (nSPS) is 11.5. The monoisotopic (exact) mass is 862 g/mol. The summed E-state index contributed by atoms with van der Waals surface area (Å²) in [6, 6.07) is 92.0. The van der Waals surface area contributed by atoms with E-state index in [1.54, 1.807) is 0 Å². The van der Waals surface area contributed by atoms with Gasteiger partial charge in [0, 0.05) is 16.7 Å². The van der Waals surface area contributed by atoms with Crippen LogP contribution in [0, 0.1) is 0 Å². The van der Waals surface area contributed by atoms with Crippen molar-refractivity contribution in [3.63, 3.8) is 0 Å². The number of fused-ring (bicyclic) bond motifs is 9. The van der Waals surface area contributed by atoms with Crippen LogP contribution < -0.4 is 0 Å². The standard InChI is InChI=1S/C66H42N2/c1-3-17-43(18-4-1)44-31-33-46(34-32-44)64-42-65(61-30-16-9-22-52(61)45-19-5-2-6-20-45)68-66(67-64)51-38-49(37-50(39-51)62-41-48-21-7-8-23-53(48)54-24-10-14-28-58(54)62)47-35-36-60-57-27-12-11-25-55(57)56-26-13-15-29-59(56)63(60)40-47/h1-42H. The van der Waals surface area contributed by atoms with Crippen molar-refractivity contribution in [3.05, 3.63) is 255 Å². The van der Waals surface area contributed by atoms with E-state index in [2.05, 4.69) is 255 Å². The molecule has 68 heavy (non-hydrogen) atoms. The molecule has 0 spiro atoms. The van der Waals surface area contributed by atoms with Crippen LogP contribution in [0.5, 0.6) is 0 Å². The molecule has 1 heterocycles. The predicted molar refractivity (Wildman–Crippen MR) is 288 cm³/mol. The highest BCUT2D eigenvalue weighted by Crippen LogP contribution is 2.42. The molecule has 13 aromatic rings. The average Bonchev–Trinajstić information content (AvgIpc) is 3.43. The first-order chi connectivity index (χ1) is 33.7. The summed E-state index contributed by atoms with van der Waals surface area (Å²) in [5.74, 6) is 0.665. The summed E-state index contributed by atoms with van der Waals surface area (Å²) >= 11 is 0. The molecule has 0 aliphatic rings. The van der Waals surface area contributed by atoms with Gasteiger partial charge >= 0.3 is 0 Å². The maximum Gasteiger partial charge on any atom is 0.160 e. The van der Waals surface area contributed by atoms with Crippen molar-refractivity contribution < 1.29 is 0 Å². The number of nitrogens with zero attached hydrogens (tertiary/aromatic N) is 2. The van der Waals surface area contributed by atoms with Gasteiger partial charge in [0.2, 0.25) is 0 Å². The third-order valence-corrected chi connectivity index (χ3v) is 13.6. The van der Waals surface area contributed by atoms with Crippen LogP contribution in [0.3, 0.4) is 0 Å². The van der Waals surface area contributed by atoms with Crippen LogP contribution in [0.25, 0.3) is 132 Å². The molecule has 0 atom stereocenters. The molecule has 2 heteroatoms. The molecule has 2 nitrogen and oxygen atoms in total. The molecule has 0 aliphatic carbocycles. The third kappa shape index (κ3) is 6.90. The highest BCUT2D eigenvalue weighted by molar-refractivity contribution is 6.26. The number of hydrogen-bond acceptors (Lipinski definition) is 2. The summed E-state index contributed by atoms with van der Waals surface area (Å²) < 4.78 is 0. The minimum atomic E-state index is 0.665. The topological polar surface area (TPSA) is 25.8 Å². The lowest BCUT2D eigenvalue weighted by molar-refractivity contribution is 1.18. The summed E-state index contributed by atoms with van der Waals surface area (Å²) in [6.45, 7) is 0. The highest BCUT2D eigenvalue weighted by Gasteiger charge is 2.19. The molecule has 0 unspecified atom stereocenters. The van der Waals surface area contributed by atoms with Crippen molar-refractivity contribution in [2.24, 2.45) is 0 Å². The van der Waals surface area contributed by atoms with E-state index < -0.39 is 0 Å². The third-order valence-electron chi connectivity index (χ3n) is 13.6. The summed E-state index contributed by atoms with van der Waals surface area (Å²) in [5.41, 5.74) is 13.9. The zero-order chi connectivity index (χ0) is 45.0. The quantitative estimate of drug-likeness (QED) is 0.149. The van der Waals surface area contributed by atoms with Gasteiger partial charge in [-0.15, -0.1) is 0 Å². The number of rotatable bonds is 7. The highest BCUT2D eigenvalue weighted by atomic mass is 14.9. The Balaban J connectivity index is 1.07. The molecule has 0 fully saturated rings. The Morgan fingerprint density at radius 2 is 0.647 bits per heavy atom. The first-order valence-corrected chi connectivity index (χ1v) is 23.3. The van der Waals surface area contributed by atoms with Gasteiger partial charge in [-0.1, -0.05) is 218 Å². The van der Waals surface area contributed by atoms with Crippen molar-refractivity contribution in [2.75, 3.05) is 0 Å². The van der Waals surface area contributed by atoms with Crippen LogP contribution in [0.15, 0.2) is 255 Å². The number of aromatic nitrogens is 2. The maximum absolute atomic E-state index is 5.55. The lowest BCUT2D eigenvalue weighted by Crippen LogP contribution is -1.98. The summed E-state index contributed by atoms with van der Waals surface area (Å²) in [7, 11) is 0. The Morgan fingerprint density at radius 3 is 1.34 bits per heavy atom. The van der Waals surface area contributed by atoms with Crippen molar-refractivity contribution >= 4 is 53.9 Å². The van der Waals surface area contributed by atoms with Gasteiger partial charge < -0.3 is 0 Å². The van der Waals surface area contributed by atoms with Gasteiger partial charge in [-0.2, -0.15) is 0 Å². The molecule has 0 radical (unpaired) electrons. The number of hydrogen-bond donors (Lipinski definition) is 0. The average molecular weight is 863 g/mol. The lowest BCUT2D eigenvalue weighted by atomic mass is 9.89. The predicted octanol–water partition coefficient (Wildman–Crippen LogP) is 17.9.